The Morgan fingerprint density at radius 2 is 1.90 bits per heavy atom. The quantitative estimate of drug-likeness (QED) is 0.830. The Bertz CT molecular complexity index is 603. The Morgan fingerprint density at radius 1 is 1.15 bits per heavy atom. The molecule has 0 bridgehead atoms. The van der Waals surface area contributed by atoms with Gasteiger partial charge in [0.25, 0.3) is 0 Å². The molecular formula is C16H20ClN3. The maximum Gasteiger partial charge on any atom is 0.137 e. The van der Waals surface area contributed by atoms with Gasteiger partial charge in [0.05, 0.1) is 0 Å². The Hall–Kier alpha value is -1.61. The van der Waals surface area contributed by atoms with Crippen LogP contribution in [0.15, 0.2) is 30.3 Å². The lowest BCUT2D eigenvalue weighted by atomic mass is 9.96. The number of hydrogen-bond acceptors (Lipinski definition) is 3. The van der Waals surface area contributed by atoms with Crippen molar-refractivity contribution in [3.63, 3.8) is 0 Å². The third kappa shape index (κ3) is 3.70. The van der Waals surface area contributed by atoms with E-state index in [1.807, 2.05) is 12.1 Å². The van der Waals surface area contributed by atoms with Crippen LogP contribution in [0.4, 0.5) is 11.5 Å². The van der Waals surface area contributed by atoms with E-state index in [9.17, 15) is 0 Å². The van der Waals surface area contributed by atoms with Gasteiger partial charge >= 0.3 is 0 Å². The van der Waals surface area contributed by atoms with Crippen molar-refractivity contribution in [2.75, 3.05) is 5.32 Å². The molecule has 0 saturated heterocycles. The van der Waals surface area contributed by atoms with Crippen molar-refractivity contribution < 1.29 is 0 Å². The molecule has 0 radical (unpaired) electrons. The molecule has 2 aromatic rings. The number of hydrogen-bond donors (Lipinski definition) is 1. The molecule has 0 spiro atoms. The molecule has 0 saturated carbocycles. The number of anilines is 2. The first kappa shape index (κ1) is 14.8. The van der Waals surface area contributed by atoms with Gasteiger partial charge in [-0.1, -0.05) is 51.4 Å². The van der Waals surface area contributed by atoms with Crippen molar-refractivity contribution in [1.82, 2.24) is 9.97 Å². The molecule has 0 fully saturated rings. The first-order chi connectivity index (χ1) is 9.38. The lowest BCUT2D eigenvalue weighted by Crippen LogP contribution is -2.16. The molecule has 0 atom stereocenters. The second kappa shape index (κ2) is 5.80. The molecule has 0 amide bonds. The van der Waals surface area contributed by atoms with Gasteiger partial charge in [-0.2, -0.15) is 0 Å². The molecule has 2 rings (SSSR count). The fourth-order valence-corrected chi connectivity index (χ4v) is 2.02. The predicted molar refractivity (Wildman–Crippen MR) is 84.8 cm³/mol. The second-order valence-electron chi connectivity index (χ2n) is 5.83. The highest BCUT2D eigenvalue weighted by Gasteiger charge is 2.18. The monoisotopic (exact) mass is 289 g/mol. The lowest BCUT2D eigenvalue weighted by Gasteiger charge is -2.18. The first-order valence-electron chi connectivity index (χ1n) is 6.79. The van der Waals surface area contributed by atoms with Crippen LogP contribution in [0, 0.1) is 0 Å². The zero-order chi connectivity index (χ0) is 14.8. The minimum Gasteiger partial charge on any atom is -0.340 e. The number of aryl methyl sites for hydroxylation is 1. The van der Waals surface area contributed by atoms with Crippen molar-refractivity contribution in [3.8, 4) is 0 Å². The van der Waals surface area contributed by atoms with Crippen molar-refractivity contribution in [3.05, 3.63) is 46.9 Å². The largest absolute Gasteiger partial charge is 0.340 e. The number of benzene rings is 1. The van der Waals surface area contributed by atoms with Crippen LogP contribution in [0.3, 0.4) is 0 Å². The van der Waals surface area contributed by atoms with Crippen LogP contribution in [-0.4, -0.2) is 9.97 Å². The maximum absolute atomic E-state index is 6.09. The van der Waals surface area contributed by atoms with E-state index >= 15 is 0 Å². The lowest BCUT2D eigenvalue weighted by molar-refractivity contribution is 0.546. The van der Waals surface area contributed by atoms with E-state index in [-0.39, 0.29) is 5.41 Å². The van der Waals surface area contributed by atoms with Gasteiger partial charge in [-0.05, 0) is 24.1 Å². The van der Waals surface area contributed by atoms with E-state index in [1.54, 1.807) is 6.07 Å². The SMILES string of the molecule is CCc1cccc(Nc2cc(Cl)nc(C(C)(C)C)n2)c1. The zero-order valence-corrected chi connectivity index (χ0v) is 13.1. The fourth-order valence-electron chi connectivity index (χ4n) is 1.83. The van der Waals surface area contributed by atoms with Crippen molar-refractivity contribution in [2.24, 2.45) is 0 Å². The summed E-state index contributed by atoms with van der Waals surface area (Å²) in [4.78, 5) is 8.84. The summed E-state index contributed by atoms with van der Waals surface area (Å²) in [5, 5.41) is 3.75. The summed E-state index contributed by atoms with van der Waals surface area (Å²) in [6.07, 6.45) is 1.01. The third-order valence-corrected chi connectivity index (χ3v) is 3.17. The highest BCUT2D eigenvalue weighted by molar-refractivity contribution is 6.29. The molecule has 0 aliphatic carbocycles. The van der Waals surface area contributed by atoms with E-state index in [4.69, 9.17) is 11.6 Å². The number of halogens is 1. The molecule has 1 heterocycles. The van der Waals surface area contributed by atoms with E-state index in [0.717, 1.165) is 23.8 Å². The van der Waals surface area contributed by atoms with Crippen molar-refractivity contribution >= 4 is 23.1 Å². The summed E-state index contributed by atoms with van der Waals surface area (Å²) in [6, 6.07) is 10.0. The van der Waals surface area contributed by atoms with Crippen LogP contribution >= 0.6 is 11.6 Å². The molecule has 1 aromatic carbocycles. The summed E-state index contributed by atoms with van der Waals surface area (Å²) in [6.45, 7) is 8.35. The topological polar surface area (TPSA) is 37.8 Å². The van der Waals surface area contributed by atoms with E-state index < -0.39 is 0 Å². The smallest absolute Gasteiger partial charge is 0.137 e. The summed E-state index contributed by atoms with van der Waals surface area (Å²) in [7, 11) is 0. The maximum atomic E-state index is 6.09. The minimum atomic E-state index is -0.132. The Morgan fingerprint density at radius 3 is 2.55 bits per heavy atom. The molecule has 20 heavy (non-hydrogen) atoms. The van der Waals surface area contributed by atoms with E-state index in [0.29, 0.717) is 5.15 Å². The molecule has 0 aliphatic rings. The number of nitrogens with zero attached hydrogens (tertiary/aromatic N) is 2. The third-order valence-electron chi connectivity index (χ3n) is 2.97. The van der Waals surface area contributed by atoms with Gasteiger partial charge in [0.1, 0.15) is 16.8 Å². The van der Waals surface area contributed by atoms with Gasteiger partial charge in [-0.3, -0.25) is 0 Å². The number of rotatable bonds is 3. The van der Waals surface area contributed by atoms with Crippen molar-refractivity contribution in [1.29, 1.82) is 0 Å². The average molecular weight is 290 g/mol. The van der Waals surface area contributed by atoms with Gasteiger partial charge in [0.2, 0.25) is 0 Å². The molecule has 4 heteroatoms. The molecule has 0 unspecified atom stereocenters. The van der Waals surface area contributed by atoms with Gasteiger partial charge in [-0.15, -0.1) is 0 Å². The molecular weight excluding hydrogens is 270 g/mol. The highest BCUT2D eigenvalue weighted by Crippen LogP contribution is 2.24. The van der Waals surface area contributed by atoms with E-state index in [2.05, 4.69) is 55.1 Å². The molecule has 1 aromatic heterocycles. The fraction of sp³-hybridized carbons (Fsp3) is 0.375. The van der Waals surface area contributed by atoms with E-state index in [1.165, 1.54) is 5.56 Å². The van der Waals surface area contributed by atoms with Gasteiger partial charge in [-0.25, -0.2) is 9.97 Å². The normalized spacial score (nSPS) is 11.4. The average Bonchev–Trinajstić information content (AvgIpc) is 2.37. The Kier molecular flexibility index (Phi) is 4.29. The second-order valence-corrected chi connectivity index (χ2v) is 6.22. The van der Waals surface area contributed by atoms with Crippen LogP contribution in [0.2, 0.25) is 5.15 Å². The van der Waals surface area contributed by atoms with Crippen LogP contribution in [-0.2, 0) is 11.8 Å². The van der Waals surface area contributed by atoms with Crippen LogP contribution in [0.25, 0.3) is 0 Å². The summed E-state index contributed by atoms with van der Waals surface area (Å²) in [5.74, 6) is 1.46. The number of nitrogens with one attached hydrogen (secondary N) is 1. The van der Waals surface area contributed by atoms with Gasteiger partial charge in [0.15, 0.2) is 0 Å². The standard InChI is InChI=1S/C16H20ClN3/c1-5-11-7-6-8-12(9-11)18-14-10-13(17)19-15(20-14)16(2,3)4/h6-10H,5H2,1-4H3,(H,18,19,20). The molecule has 3 nitrogen and oxygen atoms in total. The summed E-state index contributed by atoms with van der Waals surface area (Å²) in [5.41, 5.74) is 2.16. The van der Waals surface area contributed by atoms with Crippen LogP contribution in [0.5, 0.6) is 0 Å². The Balaban J connectivity index is 2.31. The number of aromatic nitrogens is 2. The minimum absolute atomic E-state index is 0.132. The molecule has 1 N–H and O–H groups in total. The summed E-state index contributed by atoms with van der Waals surface area (Å²) >= 11 is 6.09. The molecule has 106 valence electrons. The highest BCUT2D eigenvalue weighted by atomic mass is 35.5. The molecule has 0 aliphatic heterocycles. The van der Waals surface area contributed by atoms with Crippen LogP contribution < -0.4 is 5.32 Å². The summed E-state index contributed by atoms with van der Waals surface area (Å²) < 4.78 is 0. The van der Waals surface area contributed by atoms with Crippen LogP contribution in [0.1, 0.15) is 39.1 Å². The van der Waals surface area contributed by atoms with Gasteiger partial charge < -0.3 is 5.32 Å². The zero-order valence-electron chi connectivity index (χ0n) is 12.4. The first-order valence-corrected chi connectivity index (χ1v) is 7.17. The van der Waals surface area contributed by atoms with Gasteiger partial charge in [0, 0.05) is 17.2 Å². The predicted octanol–water partition coefficient (Wildman–Crippen LogP) is 4.73. The van der Waals surface area contributed by atoms with Crippen molar-refractivity contribution in [2.45, 2.75) is 39.5 Å². The Labute approximate surface area is 125 Å².